The van der Waals surface area contributed by atoms with Crippen LogP contribution >= 0.6 is 0 Å². The highest BCUT2D eigenvalue weighted by molar-refractivity contribution is 7.90. The van der Waals surface area contributed by atoms with Crippen molar-refractivity contribution in [1.29, 1.82) is 0 Å². The first-order valence-electron chi connectivity index (χ1n) is 7.46. The third-order valence-electron chi connectivity index (χ3n) is 4.00. The number of rotatable bonds is 5. The van der Waals surface area contributed by atoms with E-state index in [2.05, 4.69) is 0 Å². The third kappa shape index (κ3) is 3.76. The molecule has 0 aromatic heterocycles. The number of amides is 1. The van der Waals surface area contributed by atoms with Gasteiger partial charge >= 0.3 is 0 Å². The molecule has 1 atom stereocenters. The lowest BCUT2D eigenvalue weighted by molar-refractivity contribution is 0.0741. The Morgan fingerprint density at radius 2 is 1.79 bits per heavy atom. The number of carbonyl (C=O) groups excluding carboxylic acids is 1. The van der Waals surface area contributed by atoms with E-state index in [0.717, 1.165) is 11.8 Å². The fraction of sp³-hybridized carbons (Fsp3) is 0.278. The molecule has 2 rings (SSSR count). The second-order valence-electron chi connectivity index (χ2n) is 5.63. The van der Waals surface area contributed by atoms with Gasteiger partial charge in [-0.05, 0) is 31.2 Å². The van der Waals surface area contributed by atoms with Crippen molar-refractivity contribution in [2.45, 2.75) is 17.9 Å². The minimum Gasteiger partial charge on any atom is -0.496 e. The van der Waals surface area contributed by atoms with Gasteiger partial charge in [-0.25, -0.2) is 8.42 Å². The number of sulfone groups is 1. The molecule has 24 heavy (non-hydrogen) atoms. The Labute approximate surface area is 142 Å². The van der Waals surface area contributed by atoms with Crippen LogP contribution in [0.5, 0.6) is 5.75 Å². The normalized spacial score (nSPS) is 12.5. The van der Waals surface area contributed by atoms with Crippen LogP contribution in [0.4, 0.5) is 0 Å². The molecule has 0 fully saturated rings. The maximum absolute atomic E-state index is 12.7. The van der Waals surface area contributed by atoms with Gasteiger partial charge in [0, 0.05) is 24.4 Å². The monoisotopic (exact) mass is 347 g/mol. The lowest BCUT2D eigenvalue weighted by atomic mass is 10.0. The van der Waals surface area contributed by atoms with Crippen molar-refractivity contribution in [1.82, 2.24) is 4.90 Å². The van der Waals surface area contributed by atoms with Crippen LogP contribution in [0.15, 0.2) is 53.4 Å². The summed E-state index contributed by atoms with van der Waals surface area (Å²) in [5, 5.41) is 0. The van der Waals surface area contributed by atoms with Gasteiger partial charge in [0.2, 0.25) is 0 Å². The molecule has 1 unspecified atom stereocenters. The lowest BCUT2D eigenvalue weighted by Crippen LogP contribution is -2.30. The van der Waals surface area contributed by atoms with Crippen molar-refractivity contribution < 1.29 is 17.9 Å². The van der Waals surface area contributed by atoms with Crippen LogP contribution < -0.4 is 4.74 Å². The van der Waals surface area contributed by atoms with Gasteiger partial charge in [0.1, 0.15) is 5.75 Å². The van der Waals surface area contributed by atoms with Crippen molar-refractivity contribution in [2.75, 3.05) is 20.4 Å². The molecule has 0 heterocycles. The Kier molecular flexibility index (Phi) is 5.29. The number of nitrogens with zero attached hydrogens (tertiary/aromatic N) is 1. The summed E-state index contributed by atoms with van der Waals surface area (Å²) in [6, 6.07) is 13.3. The van der Waals surface area contributed by atoms with Gasteiger partial charge in [0.15, 0.2) is 9.84 Å². The highest BCUT2D eigenvalue weighted by atomic mass is 32.2. The van der Waals surface area contributed by atoms with E-state index in [-0.39, 0.29) is 16.8 Å². The zero-order valence-corrected chi connectivity index (χ0v) is 15.0. The van der Waals surface area contributed by atoms with Gasteiger partial charge in [-0.2, -0.15) is 0 Å². The van der Waals surface area contributed by atoms with Crippen molar-refractivity contribution in [2.24, 2.45) is 0 Å². The fourth-order valence-electron chi connectivity index (χ4n) is 2.46. The predicted octanol–water partition coefficient (Wildman–Crippen LogP) is 2.93. The van der Waals surface area contributed by atoms with E-state index in [1.165, 1.54) is 12.1 Å². The summed E-state index contributed by atoms with van der Waals surface area (Å²) in [5.41, 5.74) is 1.22. The summed E-state index contributed by atoms with van der Waals surface area (Å²) < 4.78 is 28.7. The summed E-state index contributed by atoms with van der Waals surface area (Å²) >= 11 is 0. The van der Waals surface area contributed by atoms with Gasteiger partial charge in [-0.3, -0.25) is 4.79 Å². The molecule has 0 N–H and O–H groups in total. The predicted molar refractivity (Wildman–Crippen MR) is 93.1 cm³/mol. The van der Waals surface area contributed by atoms with E-state index in [4.69, 9.17) is 4.74 Å². The molecule has 0 aliphatic carbocycles. The zero-order valence-electron chi connectivity index (χ0n) is 14.2. The summed E-state index contributed by atoms with van der Waals surface area (Å²) in [4.78, 5) is 14.4. The second-order valence-corrected chi connectivity index (χ2v) is 7.65. The van der Waals surface area contributed by atoms with Crippen LogP contribution in [0.1, 0.15) is 28.9 Å². The molecule has 128 valence electrons. The van der Waals surface area contributed by atoms with E-state index in [0.29, 0.717) is 11.3 Å². The Bertz CT molecular complexity index is 846. The van der Waals surface area contributed by atoms with E-state index in [1.807, 2.05) is 31.2 Å². The summed E-state index contributed by atoms with van der Waals surface area (Å²) in [7, 11) is -0.0850. The average Bonchev–Trinajstić information content (AvgIpc) is 2.59. The van der Waals surface area contributed by atoms with Gasteiger partial charge in [0.05, 0.1) is 18.0 Å². The maximum atomic E-state index is 12.7. The van der Waals surface area contributed by atoms with Crippen molar-refractivity contribution in [3.8, 4) is 5.75 Å². The zero-order chi connectivity index (χ0) is 17.9. The topological polar surface area (TPSA) is 63.7 Å². The molecular formula is C18H21NO4S. The molecule has 0 bridgehead atoms. The fourth-order valence-corrected chi connectivity index (χ4v) is 3.13. The first-order chi connectivity index (χ1) is 11.3. The third-order valence-corrected chi connectivity index (χ3v) is 5.11. The quantitative estimate of drug-likeness (QED) is 0.834. The summed E-state index contributed by atoms with van der Waals surface area (Å²) in [6.45, 7) is 1.90. The van der Waals surface area contributed by atoms with E-state index >= 15 is 0 Å². The lowest BCUT2D eigenvalue weighted by Gasteiger charge is -2.26. The smallest absolute Gasteiger partial charge is 0.254 e. The average molecular weight is 347 g/mol. The number of ether oxygens (including phenoxy) is 1. The standard InChI is InChI=1S/C18H21NO4S/c1-13(16-10-5-6-11-17(16)23-3)19(2)18(20)14-8-7-9-15(12-14)24(4,21)22/h5-13H,1-4H3. The Morgan fingerprint density at radius 3 is 2.42 bits per heavy atom. The molecule has 0 aliphatic heterocycles. The first-order valence-corrected chi connectivity index (χ1v) is 9.35. The van der Waals surface area contributed by atoms with Crippen molar-refractivity contribution in [3.63, 3.8) is 0 Å². The summed E-state index contributed by atoms with van der Waals surface area (Å²) in [5.74, 6) is 0.452. The SMILES string of the molecule is COc1ccccc1C(C)N(C)C(=O)c1cccc(S(C)(=O)=O)c1. The van der Waals surface area contributed by atoms with Gasteiger partial charge in [-0.15, -0.1) is 0 Å². The Morgan fingerprint density at radius 1 is 1.12 bits per heavy atom. The molecule has 0 radical (unpaired) electrons. The first kappa shape index (κ1) is 18.0. The van der Waals surface area contributed by atoms with Gasteiger partial charge < -0.3 is 9.64 Å². The molecule has 0 aliphatic rings. The molecule has 2 aromatic rings. The number of methoxy groups -OCH3 is 1. The molecule has 0 saturated heterocycles. The molecule has 6 heteroatoms. The Hall–Kier alpha value is -2.34. The van der Waals surface area contributed by atoms with Crippen LogP contribution in [0.2, 0.25) is 0 Å². The van der Waals surface area contributed by atoms with Crippen LogP contribution in [0.25, 0.3) is 0 Å². The van der Waals surface area contributed by atoms with Crippen LogP contribution in [-0.4, -0.2) is 39.6 Å². The molecular weight excluding hydrogens is 326 g/mol. The molecule has 0 saturated carbocycles. The summed E-state index contributed by atoms with van der Waals surface area (Å²) in [6.07, 6.45) is 1.12. The van der Waals surface area contributed by atoms with E-state index < -0.39 is 9.84 Å². The minimum absolute atomic E-state index is 0.131. The number of hydrogen-bond donors (Lipinski definition) is 0. The van der Waals surface area contributed by atoms with Crippen LogP contribution in [-0.2, 0) is 9.84 Å². The highest BCUT2D eigenvalue weighted by Gasteiger charge is 2.22. The van der Waals surface area contributed by atoms with Gasteiger partial charge in [0.25, 0.3) is 5.91 Å². The number of benzene rings is 2. The van der Waals surface area contributed by atoms with Crippen molar-refractivity contribution in [3.05, 3.63) is 59.7 Å². The minimum atomic E-state index is -3.36. The Balaban J connectivity index is 2.33. The highest BCUT2D eigenvalue weighted by Crippen LogP contribution is 2.29. The van der Waals surface area contributed by atoms with Crippen LogP contribution in [0, 0.1) is 0 Å². The number of carbonyl (C=O) groups is 1. The van der Waals surface area contributed by atoms with E-state index in [1.54, 1.807) is 31.2 Å². The van der Waals surface area contributed by atoms with Crippen LogP contribution in [0.3, 0.4) is 0 Å². The second kappa shape index (κ2) is 7.05. The largest absolute Gasteiger partial charge is 0.496 e. The van der Waals surface area contributed by atoms with E-state index in [9.17, 15) is 13.2 Å². The molecule has 2 aromatic carbocycles. The number of para-hydroxylation sites is 1. The van der Waals surface area contributed by atoms with Gasteiger partial charge in [-0.1, -0.05) is 24.3 Å². The maximum Gasteiger partial charge on any atom is 0.254 e. The molecule has 0 spiro atoms. The molecule has 1 amide bonds. The number of hydrogen-bond acceptors (Lipinski definition) is 4. The van der Waals surface area contributed by atoms with Crippen molar-refractivity contribution >= 4 is 15.7 Å². The molecule has 5 nitrogen and oxygen atoms in total.